The molecule has 1 atom stereocenters. The molecule has 1 unspecified atom stereocenters. The van der Waals surface area contributed by atoms with Crippen LogP contribution in [0.15, 0.2) is 53.5 Å². The summed E-state index contributed by atoms with van der Waals surface area (Å²) in [7, 11) is 0. The van der Waals surface area contributed by atoms with Gasteiger partial charge in [0.15, 0.2) is 0 Å². The monoisotopic (exact) mass is 349 g/mol. The van der Waals surface area contributed by atoms with Crippen molar-refractivity contribution in [2.24, 2.45) is 0 Å². The smallest absolute Gasteiger partial charge is 0.251 e. The first-order chi connectivity index (χ1) is 12.7. The Kier molecular flexibility index (Phi) is 4.67. The van der Waals surface area contributed by atoms with Gasteiger partial charge in [0, 0.05) is 31.3 Å². The summed E-state index contributed by atoms with van der Waals surface area (Å²) in [4.78, 5) is 21.5. The van der Waals surface area contributed by atoms with Crippen LogP contribution in [-0.4, -0.2) is 37.7 Å². The Morgan fingerprint density at radius 3 is 2.88 bits per heavy atom. The lowest BCUT2D eigenvalue weighted by Crippen LogP contribution is -2.35. The van der Waals surface area contributed by atoms with Crippen molar-refractivity contribution in [1.29, 1.82) is 0 Å². The predicted octanol–water partition coefficient (Wildman–Crippen LogP) is 2.64. The van der Waals surface area contributed by atoms with E-state index in [9.17, 15) is 4.79 Å². The Labute approximate surface area is 152 Å². The average molecular weight is 349 g/mol. The molecule has 1 aliphatic heterocycles. The summed E-state index contributed by atoms with van der Waals surface area (Å²) in [5.41, 5.74) is 3.10. The Hall–Kier alpha value is -2.73. The summed E-state index contributed by atoms with van der Waals surface area (Å²) in [6.07, 6.45) is 4.04. The standard InChI is InChI=1S/C20H23N5O/c1-15-22-19(12-20(26)23-15)16-6-5-11-24(13-16)14-18-9-10-21-25(18)17-7-3-2-4-8-17/h2-4,7-10,12,16H,5-6,11,13-14H2,1H3,(H,22,23,26). The fourth-order valence-corrected chi connectivity index (χ4v) is 3.73. The molecular weight excluding hydrogens is 326 g/mol. The van der Waals surface area contributed by atoms with Crippen LogP contribution in [0.1, 0.15) is 36.0 Å². The van der Waals surface area contributed by atoms with Crippen LogP contribution < -0.4 is 5.56 Å². The molecule has 2 aromatic heterocycles. The van der Waals surface area contributed by atoms with Crippen LogP contribution in [0.2, 0.25) is 0 Å². The van der Waals surface area contributed by atoms with Gasteiger partial charge in [0.2, 0.25) is 0 Å². The van der Waals surface area contributed by atoms with Crippen LogP contribution >= 0.6 is 0 Å². The highest BCUT2D eigenvalue weighted by molar-refractivity contribution is 5.32. The maximum atomic E-state index is 11.8. The molecule has 3 heterocycles. The second kappa shape index (κ2) is 7.25. The Bertz CT molecular complexity index is 931. The number of aryl methyl sites for hydroxylation is 1. The van der Waals surface area contributed by atoms with E-state index in [1.165, 1.54) is 5.69 Å². The van der Waals surface area contributed by atoms with Gasteiger partial charge in [-0.05, 0) is 44.5 Å². The van der Waals surface area contributed by atoms with Crippen molar-refractivity contribution in [3.05, 3.63) is 76.2 Å². The van der Waals surface area contributed by atoms with Gasteiger partial charge in [-0.15, -0.1) is 0 Å². The maximum absolute atomic E-state index is 11.8. The molecule has 1 N–H and O–H groups in total. The van der Waals surface area contributed by atoms with Crippen LogP contribution in [0.4, 0.5) is 0 Å². The number of nitrogens with zero attached hydrogens (tertiary/aromatic N) is 4. The fourth-order valence-electron chi connectivity index (χ4n) is 3.73. The third-order valence-electron chi connectivity index (χ3n) is 4.91. The zero-order chi connectivity index (χ0) is 17.9. The van der Waals surface area contributed by atoms with E-state index in [1.807, 2.05) is 36.0 Å². The minimum atomic E-state index is -0.0632. The number of benzene rings is 1. The summed E-state index contributed by atoms with van der Waals surface area (Å²) in [6, 6.07) is 13.9. The van der Waals surface area contributed by atoms with Gasteiger partial charge >= 0.3 is 0 Å². The second-order valence-corrected chi connectivity index (χ2v) is 6.90. The quantitative estimate of drug-likeness (QED) is 0.786. The molecular formula is C20H23N5O. The van der Waals surface area contributed by atoms with Gasteiger partial charge in [0.05, 0.1) is 17.1 Å². The van der Waals surface area contributed by atoms with Crippen molar-refractivity contribution in [2.45, 2.75) is 32.2 Å². The van der Waals surface area contributed by atoms with E-state index in [1.54, 1.807) is 6.07 Å². The summed E-state index contributed by atoms with van der Waals surface area (Å²) in [6.45, 7) is 4.64. The number of para-hydroxylation sites is 1. The highest BCUT2D eigenvalue weighted by Crippen LogP contribution is 2.26. The number of aromatic nitrogens is 4. The Balaban J connectivity index is 1.51. The van der Waals surface area contributed by atoms with E-state index in [0.29, 0.717) is 11.7 Å². The number of hydrogen-bond donors (Lipinski definition) is 1. The van der Waals surface area contributed by atoms with Crippen LogP contribution in [-0.2, 0) is 6.54 Å². The molecule has 1 aromatic carbocycles. The van der Waals surface area contributed by atoms with E-state index < -0.39 is 0 Å². The third kappa shape index (κ3) is 3.60. The molecule has 3 aromatic rings. The minimum absolute atomic E-state index is 0.0632. The molecule has 4 rings (SSSR count). The molecule has 0 amide bonds. The molecule has 0 radical (unpaired) electrons. The van der Waals surface area contributed by atoms with Crippen molar-refractivity contribution in [3.63, 3.8) is 0 Å². The van der Waals surface area contributed by atoms with Crippen LogP contribution in [0, 0.1) is 6.92 Å². The highest BCUT2D eigenvalue weighted by atomic mass is 16.1. The number of rotatable bonds is 4. The van der Waals surface area contributed by atoms with E-state index in [2.05, 4.69) is 38.2 Å². The number of H-pyrrole nitrogens is 1. The normalized spacial score (nSPS) is 18.1. The zero-order valence-corrected chi connectivity index (χ0v) is 14.9. The Morgan fingerprint density at radius 2 is 2.08 bits per heavy atom. The summed E-state index contributed by atoms with van der Waals surface area (Å²) in [5.74, 6) is 0.990. The zero-order valence-electron chi connectivity index (χ0n) is 14.9. The molecule has 1 saturated heterocycles. The minimum Gasteiger partial charge on any atom is -0.311 e. The molecule has 6 nitrogen and oxygen atoms in total. The molecule has 134 valence electrons. The molecule has 1 aliphatic rings. The summed E-state index contributed by atoms with van der Waals surface area (Å²) >= 11 is 0. The number of likely N-dealkylation sites (tertiary alicyclic amines) is 1. The highest BCUT2D eigenvalue weighted by Gasteiger charge is 2.24. The van der Waals surface area contributed by atoms with Crippen molar-refractivity contribution >= 4 is 0 Å². The van der Waals surface area contributed by atoms with Gasteiger partial charge in [-0.25, -0.2) is 9.67 Å². The predicted molar refractivity (Wildman–Crippen MR) is 100 cm³/mol. The molecule has 0 aliphatic carbocycles. The van der Waals surface area contributed by atoms with E-state index >= 15 is 0 Å². The number of hydrogen-bond acceptors (Lipinski definition) is 4. The maximum Gasteiger partial charge on any atom is 0.251 e. The SMILES string of the molecule is Cc1nc(C2CCCN(Cc3ccnn3-c3ccccc3)C2)cc(=O)[nH]1. The first-order valence-corrected chi connectivity index (χ1v) is 9.07. The molecule has 1 fully saturated rings. The topological polar surface area (TPSA) is 66.8 Å². The number of aromatic amines is 1. The fraction of sp³-hybridized carbons (Fsp3) is 0.350. The van der Waals surface area contributed by atoms with Gasteiger partial charge in [-0.3, -0.25) is 9.69 Å². The van der Waals surface area contributed by atoms with E-state index in [0.717, 1.165) is 43.9 Å². The number of piperidine rings is 1. The van der Waals surface area contributed by atoms with E-state index in [4.69, 9.17) is 0 Å². The Morgan fingerprint density at radius 1 is 1.23 bits per heavy atom. The average Bonchev–Trinajstić information content (AvgIpc) is 3.10. The first kappa shape index (κ1) is 16.7. The lowest BCUT2D eigenvalue weighted by molar-refractivity contribution is 0.195. The van der Waals surface area contributed by atoms with Gasteiger partial charge in [-0.1, -0.05) is 18.2 Å². The van der Waals surface area contributed by atoms with Crippen molar-refractivity contribution in [3.8, 4) is 5.69 Å². The van der Waals surface area contributed by atoms with Crippen molar-refractivity contribution < 1.29 is 0 Å². The summed E-state index contributed by atoms with van der Waals surface area (Å²) in [5, 5.41) is 4.48. The molecule has 0 saturated carbocycles. The van der Waals surface area contributed by atoms with Crippen LogP contribution in [0.25, 0.3) is 5.69 Å². The molecule has 0 bridgehead atoms. The molecule has 6 heteroatoms. The van der Waals surface area contributed by atoms with Crippen molar-refractivity contribution in [2.75, 3.05) is 13.1 Å². The first-order valence-electron chi connectivity index (χ1n) is 9.07. The van der Waals surface area contributed by atoms with Gasteiger partial charge in [0.1, 0.15) is 5.82 Å². The lowest BCUT2D eigenvalue weighted by atomic mass is 9.94. The van der Waals surface area contributed by atoms with E-state index in [-0.39, 0.29) is 5.56 Å². The van der Waals surface area contributed by atoms with Crippen LogP contribution in [0.3, 0.4) is 0 Å². The third-order valence-corrected chi connectivity index (χ3v) is 4.91. The van der Waals surface area contributed by atoms with Crippen LogP contribution in [0.5, 0.6) is 0 Å². The van der Waals surface area contributed by atoms with Crippen molar-refractivity contribution in [1.82, 2.24) is 24.6 Å². The van der Waals surface area contributed by atoms with Gasteiger partial charge in [0.25, 0.3) is 5.56 Å². The molecule has 0 spiro atoms. The summed E-state index contributed by atoms with van der Waals surface area (Å²) < 4.78 is 2.00. The lowest BCUT2D eigenvalue weighted by Gasteiger charge is -2.32. The largest absolute Gasteiger partial charge is 0.311 e. The second-order valence-electron chi connectivity index (χ2n) is 6.90. The molecule has 26 heavy (non-hydrogen) atoms. The number of nitrogens with one attached hydrogen (secondary N) is 1. The van der Waals surface area contributed by atoms with Gasteiger partial charge < -0.3 is 4.98 Å². The van der Waals surface area contributed by atoms with Gasteiger partial charge in [-0.2, -0.15) is 5.10 Å².